The molecular formula is C29H32N8O3. The highest BCUT2D eigenvalue weighted by Crippen LogP contribution is 2.35. The number of allylic oxidation sites excluding steroid dienone is 1. The third-order valence-corrected chi connectivity index (χ3v) is 6.49. The van der Waals surface area contributed by atoms with Crippen LogP contribution in [0.15, 0.2) is 54.2 Å². The quantitative estimate of drug-likeness (QED) is 0.244. The van der Waals surface area contributed by atoms with E-state index in [9.17, 15) is 19.6 Å². The van der Waals surface area contributed by atoms with Crippen LogP contribution < -0.4 is 16.9 Å². The zero-order valence-electron chi connectivity index (χ0n) is 22.9. The molecule has 2 aromatic heterocycles. The predicted molar refractivity (Wildman–Crippen MR) is 150 cm³/mol. The normalized spacial score (nSPS) is 15.5. The molecule has 3 heterocycles. The fourth-order valence-electron chi connectivity index (χ4n) is 4.64. The van der Waals surface area contributed by atoms with E-state index in [0.29, 0.717) is 36.3 Å². The molecule has 0 spiro atoms. The maximum Gasteiger partial charge on any atom is 0.269 e. The van der Waals surface area contributed by atoms with E-state index < -0.39 is 17.9 Å². The Morgan fingerprint density at radius 1 is 1.15 bits per heavy atom. The first-order chi connectivity index (χ1) is 18.9. The Balaban J connectivity index is 1.64. The zero-order valence-corrected chi connectivity index (χ0v) is 22.9. The third-order valence-electron chi connectivity index (χ3n) is 6.49. The number of hydrogen-bond donors (Lipinski definition) is 3. The van der Waals surface area contributed by atoms with Crippen LogP contribution in [0.2, 0.25) is 0 Å². The first-order valence-electron chi connectivity index (χ1n) is 12.9. The number of primary amides is 1. The fraction of sp³-hybridized carbons (Fsp3) is 0.310. The fourth-order valence-corrected chi connectivity index (χ4v) is 4.64. The van der Waals surface area contributed by atoms with Gasteiger partial charge in [0, 0.05) is 23.9 Å². The van der Waals surface area contributed by atoms with Crippen LogP contribution in [0.5, 0.6) is 0 Å². The van der Waals surface area contributed by atoms with Gasteiger partial charge in [-0.1, -0.05) is 45.0 Å². The molecule has 0 saturated carbocycles. The minimum atomic E-state index is -0.787. The summed E-state index contributed by atoms with van der Waals surface area (Å²) in [6.07, 6.45) is 4.54. The Morgan fingerprint density at radius 3 is 2.42 bits per heavy atom. The van der Waals surface area contributed by atoms with Gasteiger partial charge in [0.1, 0.15) is 23.2 Å². The van der Waals surface area contributed by atoms with E-state index in [1.165, 1.54) is 0 Å². The average molecular weight is 541 g/mol. The van der Waals surface area contributed by atoms with Crippen molar-refractivity contribution in [3.8, 4) is 17.3 Å². The standard InChI is InChI=1S/C29H32N8O3/c1-17-7-12-22(33-16-17)34-27(39)19-10-8-18(9-11-19)23-24(25(31)38)37(32)26(35-23)21-6-5-13-36(21)28(40)20(15-30)14-29(2,3)4/h7-12,14,16,21H,5-6,13,32H2,1-4H3,(H2,31,38)(H,33,34,39)/b20-14+/t21-/m0/s1. The van der Waals surface area contributed by atoms with Crippen molar-refractivity contribution < 1.29 is 14.4 Å². The minimum Gasteiger partial charge on any atom is -0.364 e. The number of pyridine rings is 1. The van der Waals surface area contributed by atoms with Gasteiger partial charge in [-0.2, -0.15) is 5.26 Å². The van der Waals surface area contributed by atoms with Gasteiger partial charge in [0.25, 0.3) is 17.7 Å². The highest BCUT2D eigenvalue weighted by Gasteiger charge is 2.37. The lowest BCUT2D eigenvalue weighted by Gasteiger charge is -2.25. The van der Waals surface area contributed by atoms with Gasteiger partial charge in [0.2, 0.25) is 0 Å². The number of nitrogen functional groups attached to an aromatic ring is 1. The van der Waals surface area contributed by atoms with E-state index in [-0.39, 0.29) is 34.1 Å². The van der Waals surface area contributed by atoms with Crippen molar-refractivity contribution in [1.82, 2.24) is 19.5 Å². The molecule has 1 aromatic carbocycles. The predicted octanol–water partition coefficient (Wildman–Crippen LogP) is 3.48. The average Bonchev–Trinajstić information content (AvgIpc) is 3.52. The number of rotatable bonds is 6. The maximum absolute atomic E-state index is 13.3. The molecule has 3 amide bonds. The first kappa shape index (κ1) is 28.0. The Bertz CT molecular complexity index is 1520. The SMILES string of the molecule is Cc1ccc(NC(=O)c2ccc(-c3nc([C@@H]4CCCN4C(=O)/C(C#N)=C/C(C)(C)C)n(N)c3C(N)=O)cc2)nc1. The molecule has 0 unspecified atom stereocenters. The smallest absolute Gasteiger partial charge is 0.269 e. The van der Waals surface area contributed by atoms with Gasteiger partial charge in [0.05, 0.1) is 6.04 Å². The largest absolute Gasteiger partial charge is 0.364 e. The van der Waals surface area contributed by atoms with Crippen molar-refractivity contribution in [2.45, 2.75) is 46.6 Å². The lowest BCUT2D eigenvalue weighted by molar-refractivity contribution is -0.127. The van der Waals surface area contributed by atoms with Gasteiger partial charge in [-0.05, 0) is 48.9 Å². The van der Waals surface area contributed by atoms with Crippen LogP contribution in [0.3, 0.4) is 0 Å². The monoisotopic (exact) mass is 540 g/mol. The summed E-state index contributed by atoms with van der Waals surface area (Å²) in [5.41, 5.74) is 7.45. The number of benzene rings is 1. The number of amides is 3. The van der Waals surface area contributed by atoms with Gasteiger partial charge in [-0.3, -0.25) is 14.4 Å². The summed E-state index contributed by atoms with van der Waals surface area (Å²) < 4.78 is 1.12. The van der Waals surface area contributed by atoms with E-state index in [4.69, 9.17) is 11.6 Å². The molecule has 1 saturated heterocycles. The number of hydrogen-bond acceptors (Lipinski definition) is 7. The van der Waals surface area contributed by atoms with E-state index in [1.807, 2.05) is 39.8 Å². The number of aryl methyl sites for hydroxylation is 1. The number of nitrogens with one attached hydrogen (secondary N) is 1. The highest BCUT2D eigenvalue weighted by molar-refractivity contribution is 6.04. The Morgan fingerprint density at radius 2 is 1.85 bits per heavy atom. The molecule has 11 nitrogen and oxygen atoms in total. The number of aromatic nitrogens is 3. The van der Waals surface area contributed by atoms with Crippen molar-refractivity contribution in [2.24, 2.45) is 11.1 Å². The molecule has 1 atom stereocenters. The molecule has 1 aliphatic rings. The van der Waals surface area contributed by atoms with Crippen molar-refractivity contribution >= 4 is 23.5 Å². The number of carbonyl (C=O) groups is 3. The molecule has 0 aliphatic carbocycles. The number of anilines is 1. The minimum absolute atomic E-state index is 0.0268. The Hall–Kier alpha value is -4.98. The molecule has 11 heteroatoms. The molecule has 0 bridgehead atoms. The second-order valence-corrected chi connectivity index (χ2v) is 10.8. The van der Waals surface area contributed by atoms with Gasteiger partial charge >= 0.3 is 0 Å². The summed E-state index contributed by atoms with van der Waals surface area (Å²) >= 11 is 0. The summed E-state index contributed by atoms with van der Waals surface area (Å²) in [5.74, 6) is 5.50. The number of carbonyl (C=O) groups excluding carboxylic acids is 3. The molecule has 1 aliphatic heterocycles. The molecule has 4 rings (SSSR count). The van der Waals surface area contributed by atoms with E-state index in [2.05, 4.69) is 15.3 Å². The Kier molecular flexibility index (Phi) is 7.72. The Labute approximate surface area is 232 Å². The molecular weight excluding hydrogens is 508 g/mol. The van der Waals surface area contributed by atoms with E-state index >= 15 is 0 Å². The first-order valence-corrected chi connectivity index (χ1v) is 12.9. The van der Waals surface area contributed by atoms with E-state index in [1.54, 1.807) is 47.5 Å². The molecule has 0 radical (unpaired) electrons. The van der Waals surface area contributed by atoms with Gasteiger partial charge in [0.15, 0.2) is 11.5 Å². The van der Waals surface area contributed by atoms with Crippen LogP contribution in [0.1, 0.15) is 71.9 Å². The van der Waals surface area contributed by atoms with Crippen LogP contribution in [0, 0.1) is 23.7 Å². The van der Waals surface area contributed by atoms with Gasteiger partial charge < -0.3 is 21.8 Å². The van der Waals surface area contributed by atoms with Crippen molar-refractivity contribution in [1.29, 1.82) is 5.26 Å². The lowest BCUT2D eigenvalue weighted by Crippen LogP contribution is -2.35. The summed E-state index contributed by atoms with van der Waals surface area (Å²) in [6.45, 7) is 8.05. The molecule has 3 aromatic rings. The van der Waals surface area contributed by atoms with Crippen molar-refractivity contribution in [2.75, 3.05) is 17.7 Å². The molecule has 1 fully saturated rings. The number of imidazole rings is 1. The summed E-state index contributed by atoms with van der Waals surface area (Å²) in [6, 6.07) is 11.5. The molecule has 40 heavy (non-hydrogen) atoms. The van der Waals surface area contributed by atoms with Crippen LogP contribution in [-0.4, -0.2) is 43.8 Å². The molecule has 5 N–H and O–H groups in total. The van der Waals surface area contributed by atoms with Gasteiger partial charge in [-0.15, -0.1) is 0 Å². The third kappa shape index (κ3) is 5.86. The lowest BCUT2D eigenvalue weighted by atomic mass is 9.93. The number of nitrogens with two attached hydrogens (primary N) is 2. The van der Waals surface area contributed by atoms with Crippen LogP contribution >= 0.6 is 0 Å². The zero-order chi connectivity index (χ0) is 29.2. The van der Waals surface area contributed by atoms with E-state index in [0.717, 1.165) is 10.2 Å². The second kappa shape index (κ2) is 11.0. The second-order valence-electron chi connectivity index (χ2n) is 10.8. The summed E-state index contributed by atoms with van der Waals surface area (Å²) in [4.78, 5) is 48.9. The van der Waals surface area contributed by atoms with Crippen molar-refractivity contribution in [3.63, 3.8) is 0 Å². The number of nitrogens with zero attached hydrogens (tertiary/aromatic N) is 5. The maximum atomic E-state index is 13.3. The highest BCUT2D eigenvalue weighted by atomic mass is 16.2. The van der Waals surface area contributed by atoms with Crippen LogP contribution in [-0.2, 0) is 4.79 Å². The molecule has 206 valence electrons. The van der Waals surface area contributed by atoms with Crippen LogP contribution in [0.4, 0.5) is 5.82 Å². The topological polar surface area (TPSA) is 173 Å². The summed E-state index contributed by atoms with van der Waals surface area (Å²) in [7, 11) is 0. The number of likely N-dealkylation sites (tertiary alicyclic amines) is 1. The summed E-state index contributed by atoms with van der Waals surface area (Å²) in [5, 5.41) is 12.4. The van der Waals surface area contributed by atoms with Crippen molar-refractivity contribution in [3.05, 3.63) is 76.9 Å². The van der Waals surface area contributed by atoms with Crippen LogP contribution in [0.25, 0.3) is 11.3 Å². The van der Waals surface area contributed by atoms with Gasteiger partial charge in [-0.25, -0.2) is 14.6 Å². The number of nitriles is 1.